The normalized spacial score (nSPS) is 13.1. The van der Waals surface area contributed by atoms with E-state index in [0.717, 1.165) is 27.6 Å². The van der Waals surface area contributed by atoms with Gasteiger partial charge in [0.15, 0.2) is 17.5 Å². The number of fused-ring (bicyclic) bond motifs is 9. The van der Waals surface area contributed by atoms with Gasteiger partial charge < -0.3 is 0 Å². The summed E-state index contributed by atoms with van der Waals surface area (Å²) in [5.41, 5.74) is 10.3. The van der Waals surface area contributed by atoms with Gasteiger partial charge in [-0.25, -0.2) is 15.0 Å². The Labute approximate surface area is 297 Å². The van der Waals surface area contributed by atoms with Crippen LogP contribution in [-0.2, 0) is 5.41 Å². The molecule has 1 heterocycles. The Kier molecular flexibility index (Phi) is 6.53. The Balaban J connectivity index is 1.40. The van der Waals surface area contributed by atoms with Crippen molar-refractivity contribution in [3.8, 4) is 56.4 Å². The lowest BCUT2D eigenvalue weighted by molar-refractivity contribution is 0.660. The maximum Gasteiger partial charge on any atom is 0.165 e. The highest BCUT2D eigenvalue weighted by molar-refractivity contribution is 6.29. The molecule has 0 saturated heterocycles. The van der Waals surface area contributed by atoms with Crippen molar-refractivity contribution < 1.29 is 0 Å². The van der Waals surface area contributed by atoms with Crippen LogP contribution >= 0.6 is 0 Å². The zero-order valence-electron chi connectivity index (χ0n) is 28.4. The molecule has 3 nitrogen and oxygen atoms in total. The average molecular weight is 652 g/mol. The highest BCUT2D eigenvalue weighted by Gasteiger charge is 2.37. The number of hydrogen-bond acceptors (Lipinski definition) is 3. The summed E-state index contributed by atoms with van der Waals surface area (Å²) in [6.45, 7) is 4.68. The van der Waals surface area contributed by atoms with Gasteiger partial charge in [0.1, 0.15) is 0 Å². The number of hydrogen-bond donors (Lipinski definition) is 0. The van der Waals surface area contributed by atoms with Crippen LogP contribution < -0.4 is 0 Å². The molecule has 9 aromatic rings. The minimum Gasteiger partial charge on any atom is -0.208 e. The van der Waals surface area contributed by atoms with Gasteiger partial charge in [-0.15, -0.1) is 0 Å². The highest BCUT2D eigenvalue weighted by Crippen LogP contribution is 2.54. The predicted octanol–water partition coefficient (Wildman–Crippen LogP) is 12.3. The molecule has 10 rings (SSSR count). The molecule has 0 saturated carbocycles. The number of aromatic nitrogens is 3. The van der Waals surface area contributed by atoms with Gasteiger partial charge >= 0.3 is 0 Å². The third-order valence-electron chi connectivity index (χ3n) is 10.7. The molecule has 51 heavy (non-hydrogen) atoms. The van der Waals surface area contributed by atoms with Crippen LogP contribution in [0.25, 0.3) is 88.7 Å². The monoisotopic (exact) mass is 651 g/mol. The second kappa shape index (κ2) is 11.3. The summed E-state index contributed by atoms with van der Waals surface area (Å²) in [6, 6.07) is 58.3. The van der Waals surface area contributed by atoms with Crippen LogP contribution in [0, 0.1) is 0 Å². The Bertz CT molecular complexity index is 2730. The molecule has 0 spiro atoms. The van der Waals surface area contributed by atoms with Gasteiger partial charge in [-0.05, 0) is 60.3 Å². The summed E-state index contributed by atoms with van der Waals surface area (Å²) in [4.78, 5) is 15.8. The summed E-state index contributed by atoms with van der Waals surface area (Å²) in [5.74, 6) is 1.96. The van der Waals surface area contributed by atoms with Crippen molar-refractivity contribution >= 4 is 32.3 Å². The Morgan fingerprint density at radius 2 is 0.784 bits per heavy atom. The van der Waals surface area contributed by atoms with Crippen LogP contribution in [0.3, 0.4) is 0 Å². The lowest BCUT2D eigenvalue weighted by atomic mass is 9.81. The van der Waals surface area contributed by atoms with E-state index in [1.54, 1.807) is 0 Å². The van der Waals surface area contributed by atoms with Crippen molar-refractivity contribution in [1.29, 1.82) is 0 Å². The molecule has 0 radical (unpaired) electrons. The van der Waals surface area contributed by atoms with Crippen molar-refractivity contribution in [2.45, 2.75) is 19.3 Å². The first-order valence-electron chi connectivity index (χ1n) is 17.5. The first-order chi connectivity index (χ1) is 25.1. The first-order valence-corrected chi connectivity index (χ1v) is 17.5. The largest absolute Gasteiger partial charge is 0.208 e. The molecule has 0 unspecified atom stereocenters. The molecule has 1 aliphatic carbocycles. The number of rotatable bonds is 4. The maximum atomic E-state index is 5.37. The summed E-state index contributed by atoms with van der Waals surface area (Å²) in [5, 5.41) is 7.17. The molecule has 0 atom stereocenters. The Morgan fingerprint density at radius 3 is 1.43 bits per heavy atom. The van der Waals surface area contributed by atoms with E-state index in [2.05, 4.69) is 141 Å². The fraction of sp³-hybridized carbons (Fsp3) is 0.0625. The second-order valence-corrected chi connectivity index (χ2v) is 13.9. The van der Waals surface area contributed by atoms with E-state index in [9.17, 15) is 0 Å². The van der Waals surface area contributed by atoms with E-state index < -0.39 is 0 Å². The Morgan fingerprint density at radius 1 is 0.333 bits per heavy atom. The van der Waals surface area contributed by atoms with Crippen LogP contribution in [0.1, 0.15) is 25.0 Å². The van der Waals surface area contributed by atoms with Crippen molar-refractivity contribution in [2.24, 2.45) is 0 Å². The van der Waals surface area contributed by atoms with E-state index in [0.29, 0.717) is 17.5 Å². The molecule has 8 aromatic carbocycles. The molecular formula is C48H33N3. The van der Waals surface area contributed by atoms with Crippen molar-refractivity contribution in [3.63, 3.8) is 0 Å². The number of nitrogens with zero attached hydrogens (tertiary/aromatic N) is 3. The minimum atomic E-state index is -0.129. The van der Waals surface area contributed by atoms with Gasteiger partial charge in [-0.3, -0.25) is 0 Å². The van der Waals surface area contributed by atoms with E-state index in [-0.39, 0.29) is 5.41 Å². The highest BCUT2D eigenvalue weighted by atomic mass is 15.0. The quantitative estimate of drug-likeness (QED) is 0.178. The summed E-state index contributed by atoms with van der Waals surface area (Å²) in [7, 11) is 0. The molecule has 1 aromatic heterocycles. The van der Waals surface area contributed by atoms with E-state index in [1.807, 2.05) is 36.4 Å². The molecule has 0 fully saturated rings. The van der Waals surface area contributed by atoms with Crippen LogP contribution in [0.2, 0.25) is 0 Å². The molecule has 240 valence electrons. The molecule has 3 heteroatoms. The topological polar surface area (TPSA) is 38.7 Å². The molecule has 0 N–H and O–H groups in total. The van der Waals surface area contributed by atoms with Crippen LogP contribution in [-0.4, -0.2) is 15.0 Å². The summed E-state index contributed by atoms with van der Waals surface area (Å²) >= 11 is 0. The average Bonchev–Trinajstić information content (AvgIpc) is 3.44. The van der Waals surface area contributed by atoms with Gasteiger partial charge in [-0.1, -0.05) is 178 Å². The van der Waals surface area contributed by atoms with E-state index in [4.69, 9.17) is 15.0 Å². The standard InChI is InChI=1S/C48H33N3/c1-48(2)40-26-14-13-24-39(40)42-36(25-15-27-41(42)48)38-29-28-37-34-22-10-9-20-32(34)33-21-11-12-23-35(33)43(37)44(38)47-50-45(30-16-5-3-6-17-30)49-46(51-47)31-18-7-4-8-19-31/h3-29H,1-2H3. The minimum absolute atomic E-state index is 0.129. The third kappa shape index (κ3) is 4.48. The van der Waals surface area contributed by atoms with Crippen molar-refractivity contribution in [2.75, 3.05) is 0 Å². The zero-order valence-corrected chi connectivity index (χ0v) is 28.4. The van der Waals surface area contributed by atoms with Crippen LogP contribution in [0.15, 0.2) is 164 Å². The van der Waals surface area contributed by atoms with Crippen LogP contribution in [0.4, 0.5) is 0 Å². The second-order valence-electron chi connectivity index (χ2n) is 13.9. The number of benzene rings is 8. The van der Waals surface area contributed by atoms with E-state index >= 15 is 0 Å². The summed E-state index contributed by atoms with van der Waals surface area (Å²) in [6.07, 6.45) is 0. The van der Waals surface area contributed by atoms with Crippen LogP contribution in [0.5, 0.6) is 0 Å². The molecule has 1 aliphatic rings. The Hall–Kier alpha value is -6.45. The van der Waals surface area contributed by atoms with Crippen molar-refractivity contribution in [3.05, 3.63) is 175 Å². The first kappa shape index (κ1) is 29.5. The van der Waals surface area contributed by atoms with E-state index in [1.165, 1.54) is 54.7 Å². The maximum absolute atomic E-state index is 5.37. The smallest absolute Gasteiger partial charge is 0.165 e. The van der Waals surface area contributed by atoms with Crippen molar-refractivity contribution in [1.82, 2.24) is 15.0 Å². The zero-order chi connectivity index (χ0) is 34.1. The molecule has 0 aliphatic heterocycles. The lowest BCUT2D eigenvalue weighted by Gasteiger charge is -2.22. The summed E-state index contributed by atoms with van der Waals surface area (Å²) < 4.78 is 0. The van der Waals surface area contributed by atoms with Gasteiger partial charge in [0, 0.05) is 27.5 Å². The fourth-order valence-corrected chi connectivity index (χ4v) is 8.35. The van der Waals surface area contributed by atoms with Gasteiger partial charge in [0.05, 0.1) is 0 Å². The molecular weight excluding hydrogens is 619 g/mol. The molecule has 0 bridgehead atoms. The molecule has 0 amide bonds. The SMILES string of the molecule is CC1(C)c2ccccc2-c2c(-c3ccc4c5ccccc5c5ccccc5c4c3-c3nc(-c4ccccc4)nc(-c4ccccc4)n3)cccc21. The third-order valence-corrected chi connectivity index (χ3v) is 10.7. The van der Waals surface area contributed by atoms with Gasteiger partial charge in [-0.2, -0.15) is 0 Å². The predicted molar refractivity (Wildman–Crippen MR) is 212 cm³/mol. The van der Waals surface area contributed by atoms with Gasteiger partial charge in [0.25, 0.3) is 0 Å². The lowest BCUT2D eigenvalue weighted by Crippen LogP contribution is -2.14. The fourth-order valence-electron chi connectivity index (χ4n) is 8.35. The van der Waals surface area contributed by atoms with Gasteiger partial charge in [0.2, 0.25) is 0 Å².